The Morgan fingerprint density at radius 3 is 2.67 bits per heavy atom. The van der Waals surface area contributed by atoms with Crippen molar-refractivity contribution in [3.63, 3.8) is 0 Å². The van der Waals surface area contributed by atoms with E-state index >= 15 is 0 Å². The van der Waals surface area contributed by atoms with E-state index in [1.165, 1.54) is 32.1 Å². The maximum Gasteiger partial charge on any atom is 0.184 e. The Hall–Kier alpha value is -0.530. The molecule has 0 radical (unpaired) electrons. The van der Waals surface area contributed by atoms with Crippen LogP contribution in [0.1, 0.15) is 38.5 Å². The Morgan fingerprint density at radius 2 is 2.08 bits per heavy atom. The predicted molar refractivity (Wildman–Crippen MR) is 47.3 cm³/mol. The van der Waals surface area contributed by atoms with Gasteiger partial charge in [-0.05, 0) is 12.8 Å². The van der Waals surface area contributed by atoms with E-state index in [1.807, 2.05) is 0 Å². The van der Waals surface area contributed by atoms with Crippen molar-refractivity contribution < 1.29 is 4.74 Å². The standard InChI is InChI=1S/C10H15NO/c1-2-4-10(5-3-1)6-9-11-7-8(10)12-9/h8H,1-7H2/t8-/m1/s1. The number of rotatable bonds is 0. The van der Waals surface area contributed by atoms with Crippen molar-refractivity contribution in [2.24, 2.45) is 10.4 Å². The van der Waals surface area contributed by atoms with Gasteiger partial charge in [-0.2, -0.15) is 0 Å². The first-order valence-electron chi connectivity index (χ1n) is 5.09. The molecule has 0 aromatic heterocycles. The first kappa shape index (κ1) is 6.93. The first-order valence-corrected chi connectivity index (χ1v) is 5.09. The molecule has 2 heterocycles. The molecule has 0 N–H and O–H groups in total. The molecule has 1 atom stereocenters. The third kappa shape index (κ3) is 0.782. The highest BCUT2D eigenvalue weighted by atomic mass is 16.5. The van der Waals surface area contributed by atoms with Crippen molar-refractivity contribution in [3.8, 4) is 0 Å². The molecule has 0 unspecified atom stereocenters. The Balaban J connectivity index is 1.87. The molecule has 2 heteroatoms. The van der Waals surface area contributed by atoms with Gasteiger partial charge in [0.05, 0.1) is 6.54 Å². The molecular weight excluding hydrogens is 150 g/mol. The molecule has 1 saturated heterocycles. The van der Waals surface area contributed by atoms with Crippen LogP contribution in [0.3, 0.4) is 0 Å². The average Bonchev–Trinajstić information content (AvgIpc) is 2.65. The second kappa shape index (κ2) is 2.24. The second-order valence-electron chi connectivity index (χ2n) is 4.44. The summed E-state index contributed by atoms with van der Waals surface area (Å²) >= 11 is 0. The molecule has 1 spiro atoms. The molecule has 66 valence electrons. The predicted octanol–water partition coefficient (Wildman–Crippen LogP) is 2.14. The normalized spacial score (nSPS) is 36.7. The van der Waals surface area contributed by atoms with Crippen LogP contribution in [-0.2, 0) is 4.74 Å². The van der Waals surface area contributed by atoms with Gasteiger partial charge in [0.15, 0.2) is 5.90 Å². The van der Waals surface area contributed by atoms with Crippen molar-refractivity contribution in [1.82, 2.24) is 0 Å². The van der Waals surface area contributed by atoms with Crippen LogP contribution in [-0.4, -0.2) is 18.5 Å². The van der Waals surface area contributed by atoms with Gasteiger partial charge in [-0.15, -0.1) is 0 Å². The lowest BCUT2D eigenvalue weighted by molar-refractivity contribution is 0.0732. The summed E-state index contributed by atoms with van der Waals surface area (Å²) in [4.78, 5) is 4.35. The Kier molecular flexibility index (Phi) is 1.29. The highest BCUT2D eigenvalue weighted by Gasteiger charge is 2.50. The Bertz CT molecular complexity index is 228. The summed E-state index contributed by atoms with van der Waals surface area (Å²) in [7, 11) is 0. The lowest BCUT2D eigenvalue weighted by Gasteiger charge is -2.35. The van der Waals surface area contributed by atoms with E-state index in [2.05, 4.69) is 4.99 Å². The quantitative estimate of drug-likeness (QED) is 0.539. The zero-order valence-electron chi connectivity index (χ0n) is 7.38. The van der Waals surface area contributed by atoms with Crippen molar-refractivity contribution in [2.75, 3.05) is 6.54 Å². The maximum absolute atomic E-state index is 5.72. The number of aliphatic imine (C=N–C) groups is 1. The first-order chi connectivity index (χ1) is 5.89. The van der Waals surface area contributed by atoms with Crippen LogP contribution in [0.4, 0.5) is 0 Å². The number of nitrogens with zero attached hydrogens (tertiary/aromatic N) is 1. The van der Waals surface area contributed by atoms with Crippen molar-refractivity contribution in [3.05, 3.63) is 0 Å². The second-order valence-corrected chi connectivity index (χ2v) is 4.44. The van der Waals surface area contributed by atoms with E-state index in [-0.39, 0.29) is 0 Å². The Morgan fingerprint density at radius 1 is 1.25 bits per heavy atom. The van der Waals surface area contributed by atoms with Crippen LogP contribution in [0.5, 0.6) is 0 Å². The molecule has 1 saturated carbocycles. The fourth-order valence-electron chi connectivity index (χ4n) is 3.01. The molecule has 12 heavy (non-hydrogen) atoms. The van der Waals surface area contributed by atoms with E-state index in [1.54, 1.807) is 0 Å². The maximum atomic E-state index is 5.72. The lowest BCUT2D eigenvalue weighted by Crippen LogP contribution is -2.35. The molecule has 2 aliphatic heterocycles. The summed E-state index contributed by atoms with van der Waals surface area (Å²) in [6, 6.07) is 0. The highest BCUT2D eigenvalue weighted by molar-refractivity contribution is 5.81. The summed E-state index contributed by atoms with van der Waals surface area (Å²) in [6.45, 7) is 0.954. The number of hydrogen-bond acceptors (Lipinski definition) is 2. The van der Waals surface area contributed by atoms with Gasteiger partial charge in [-0.1, -0.05) is 19.3 Å². The lowest BCUT2D eigenvalue weighted by atomic mass is 9.69. The molecule has 2 nitrogen and oxygen atoms in total. The summed E-state index contributed by atoms with van der Waals surface area (Å²) in [5, 5.41) is 0. The number of hydrogen-bond donors (Lipinski definition) is 0. The molecular formula is C10H15NO. The largest absolute Gasteiger partial charge is 0.475 e. The summed E-state index contributed by atoms with van der Waals surface area (Å²) in [5.74, 6) is 1.06. The molecule has 2 fully saturated rings. The minimum Gasteiger partial charge on any atom is -0.475 e. The van der Waals surface area contributed by atoms with E-state index < -0.39 is 0 Å². The van der Waals surface area contributed by atoms with Crippen molar-refractivity contribution in [2.45, 2.75) is 44.6 Å². The monoisotopic (exact) mass is 165 g/mol. The fraction of sp³-hybridized carbons (Fsp3) is 0.900. The third-order valence-corrected chi connectivity index (χ3v) is 3.75. The third-order valence-electron chi connectivity index (χ3n) is 3.75. The van der Waals surface area contributed by atoms with Crippen molar-refractivity contribution >= 4 is 5.90 Å². The van der Waals surface area contributed by atoms with E-state index in [0.717, 1.165) is 18.9 Å². The van der Waals surface area contributed by atoms with Crippen LogP contribution in [0.25, 0.3) is 0 Å². The SMILES string of the molecule is C1CCC2(CC1)CC1=NC[C@H]2O1. The Labute approximate surface area is 73.0 Å². The van der Waals surface area contributed by atoms with Crippen LogP contribution < -0.4 is 0 Å². The van der Waals surface area contributed by atoms with E-state index in [0.29, 0.717) is 11.5 Å². The zero-order chi connectivity index (χ0) is 8.02. The minimum absolute atomic E-state index is 0.466. The van der Waals surface area contributed by atoms with Crippen molar-refractivity contribution in [1.29, 1.82) is 0 Å². The minimum atomic E-state index is 0.466. The molecule has 0 aromatic carbocycles. The van der Waals surface area contributed by atoms with Gasteiger partial charge in [0, 0.05) is 11.8 Å². The van der Waals surface area contributed by atoms with Gasteiger partial charge in [0.1, 0.15) is 6.10 Å². The van der Waals surface area contributed by atoms with Gasteiger partial charge >= 0.3 is 0 Å². The molecule has 0 amide bonds. The molecule has 3 aliphatic rings. The van der Waals surface area contributed by atoms with Gasteiger partial charge in [0.25, 0.3) is 0 Å². The molecule has 1 aliphatic carbocycles. The van der Waals surface area contributed by atoms with Gasteiger partial charge in [-0.25, -0.2) is 0 Å². The van der Waals surface area contributed by atoms with Crippen LogP contribution in [0, 0.1) is 5.41 Å². The number of ether oxygens (including phenoxy) is 1. The van der Waals surface area contributed by atoms with Crippen LogP contribution in [0.2, 0.25) is 0 Å². The molecule has 2 bridgehead atoms. The smallest absolute Gasteiger partial charge is 0.184 e. The van der Waals surface area contributed by atoms with Crippen LogP contribution >= 0.6 is 0 Å². The summed E-state index contributed by atoms with van der Waals surface area (Å²) < 4.78 is 5.72. The van der Waals surface area contributed by atoms with E-state index in [9.17, 15) is 0 Å². The summed E-state index contributed by atoms with van der Waals surface area (Å²) in [5.41, 5.74) is 0.537. The van der Waals surface area contributed by atoms with Gasteiger partial charge < -0.3 is 4.74 Å². The van der Waals surface area contributed by atoms with E-state index in [4.69, 9.17) is 4.74 Å². The topological polar surface area (TPSA) is 21.6 Å². The van der Waals surface area contributed by atoms with Gasteiger partial charge in [-0.3, -0.25) is 4.99 Å². The van der Waals surface area contributed by atoms with Gasteiger partial charge in [0.2, 0.25) is 0 Å². The summed E-state index contributed by atoms with van der Waals surface area (Å²) in [6.07, 6.45) is 8.64. The zero-order valence-corrected chi connectivity index (χ0v) is 7.38. The number of fused-ring (bicyclic) bond motifs is 3. The highest BCUT2D eigenvalue weighted by Crippen LogP contribution is 2.49. The molecule has 3 rings (SSSR count). The van der Waals surface area contributed by atoms with Crippen LogP contribution in [0.15, 0.2) is 4.99 Å². The fourth-order valence-corrected chi connectivity index (χ4v) is 3.01. The molecule has 0 aromatic rings. The average molecular weight is 165 g/mol.